The molecule has 21 heavy (non-hydrogen) atoms. The summed E-state index contributed by atoms with van der Waals surface area (Å²) in [5, 5.41) is 22.5. The van der Waals surface area contributed by atoms with Crippen LogP contribution in [-0.2, 0) is 16.1 Å². The van der Waals surface area contributed by atoms with Crippen LogP contribution in [0.4, 0.5) is 4.79 Å². The molecule has 7 nitrogen and oxygen atoms in total. The van der Waals surface area contributed by atoms with Crippen molar-refractivity contribution in [3.05, 3.63) is 35.9 Å². The summed E-state index contributed by atoms with van der Waals surface area (Å²) in [6, 6.07) is 10.9. The molecule has 0 aliphatic carbocycles. The van der Waals surface area contributed by atoms with Crippen molar-refractivity contribution in [2.75, 3.05) is 13.1 Å². The molecular weight excluding hydrogens is 274 g/mol. The van der Waals surface area contributed by atoms with Crippen LogP contribution in [0.25, 0.3) is 0 Å². The van der Waals surface area contributed by atoms with E-state index in [1.165, 1.54) is 0 Å². The minimum atomic E-state index is -1.03. The molecule has 1 aromatic rings. The topological polar surface area (TPSA) is 111 Å². The molecule has 0 saturated carbocycles. The number of nitrogens with zero attached hydrogens (tertiary/aromatic N) is 1. The highest BCUT2D eigenvalue weighted by atomic mass is 16.5. The number of benzene rings is 1. The van der Waals surface area contributed by atoms with E-state index in [2.05, 4.69) is 10.6 Å². The molecule has 1 atom stereocenters. The van der Waals surface area contributed by atoms with Gasteiger partial charge < -0.3 is 20.5 Å². The maximum absolute atomic E-state index is 11.4. The van der Waals surface area contributed by atoms with Gasteiger partial charge in [-0.2, -0.15) is 5.26 Å². The van der Waals surface area contributed by atoms with Crippen LogP contribution in [0.2, 0.25) is 0 Å². The van der Waals surface area contributed by atoms with Crippen LogP contribution in [0.3, 0.4) is 0 Å². The predicted molar refractivity (Wildman–Crippen MR) is 73.9 cm³/mol. The lowest BCUT2D eigenvalue weighted by Crippen LogP contribution is -2.36. The number of carbonyl (C=O) groups is 2. The van der Waals surface area contributed by atoms with E-state index >= 15 is 0 Å². The molecule has 112 valence electrons. The Labute approximate surface area is 122 Å². The van der Waals surface area contributed by atoms with E-state index in [0.29, 0.717) is 0 Å². The first-order chi connectivity index (χ1) is 10.1. The van der Waals surface area contributed by atoms with Crippen LogP contribution in [0.5, 0.6) is 0 Å². The minimum Gasteiger partial charge on any atom is -0.445 e. The van der Waals surface area contributed by atoms with Gasteiger partial charge in [-0.05, 0) is 5.56 Å². The van der Waals surface area contributed by atoms with Gasteiger partial charge in [-0.3, -0.25) is 4.79 Å². The summed E-state index contributed by atoms with van der Waals surface area (Å²) in [5.74, 6) is -0.455. The molecule has 0 aliphatic heterocycles. The lowest BCUT2D eigenvalue weighted by molar-refractivity contribution is -0.122. The van der Waals surface area contributed by atoms with Crippen LogP contribution in [0, 0.1) is 11.3 Å². The number of ether oxygens (including phenoxy) is 1. The fourth-order valence-electron chi connectivity index (χ4n) is 1.47. The Morgan fingerprint density at radius 3 is 2.67 bits per heavy atom. The van der Waals surface area contributed by atoms with E-state index in [1.54, 1.807) is 6.07 Å². The van der Waals surface area contributed by atoms with Crippen molar-refractivity contribution in [1.82, 2.24) is 10.6 Å². The molecular formula is C14H17N3O4. The average Bonchev–Trinajstić information content (AvgIpc) is 2.50. The van der Waals surface area contributed by atoms with Crippen LogP contribution >= 0.6 is 0 Å². The van der Waals surface area contributed by atoms with E-state index in [0.717, 1.165) is 5.56 Å². The first-order valence-corrected chi connectivity index (χ1v) is 6.38. The number of carbonyl (C=O) groups excluding carboxylic acids is 2. The van der Waals surface area contributed by atoms with Crippen LogP contribution in [0.15, 0.2) is 30.3 Å². The van der Waals surface area contributed by atoms with E-state index in [-0.39, 0.29) is 26.1 Å². The molecule has 0 heterocycles. The van der Waals surface area contributed by atoms with Gasteiger partial charge in [-0.1, -0.05) is 30.3 Å². The maximum atomic E-state index is 11.4. The number of alkyl carbamates (subject to hydrolysis) is 1. The maximum Gasteiger partial charge on any atom is 0.407 e. The van der Waals surface area contributed by atoms with Gasteiger partial charge in [0.2, 0.25) is 5.91 Å². The molecule has 0 aliphatic rings. The van der Waals surface area contributed by atoms with Gasteiger partial charge in [0.05, 0.1) is 18.6 Å². The van der Waals surface area contributed by atoms with Crippen LogP contribution in [0.1, 0.15) is 12.0 Å². The first-order valence-electron chi connectivity index (χ1n) is 6.38. The molecule has 0 bridgehead atoms. The second-order valence-corrected chi connectivity index (χ2v) is 4.24. The molecule has 0 spiro atoms. The van der Waals surface area contributed by atoms with Crippen molar-refractivity contribution in [2.24, 2.45) is 0 Å². The van der Waals surface area contributed by atoms with Crippen LogP contribution in [-0.4, -0.2) is 36.3 Å². The monoisotopic (exact) mass is 291 g/mol. The largest absolute Gasteiger partial charge is 0.445 e. The highest BCUT2D eigenvalue weighted by Crippen LogP contribution is 2.00. The van der Waals surface area contributed by atoms with Gasteiger partial charge in [0.1, 0.15) is 13.2 Å². The summed E-state index contributed by atoms with van der Waals surface area (Å²) in [6.07, 6.45) is -1.90. The van der Waals surface area contributed by atoms with Gasteiger partial charge in [0, 0.05) is 6.54 Å². The van der Waals surface area contributed by atoms with E-state index in [9.17, 15) is 14.7 Å². The molecule has 0 fully saturated rings. The van der Waals surface area contributed by atoms with Crippen molar-refractivity contribution >= 4 is 12.0 Å². The lowest BCUT2D eigenvalue weighted by Gasteiger charge is -2.11. The van der Waals surface area contributed by atoms with Gasteiger partial charge in [-0.25, -0.2) is 4.79 Å². The second kappa shape index (κ2) is 9.34. The number of nitriles is 1. The average molecular weight is 291 g/mol. The quantitative estimate of drug-likeness (QED) is 0.626. The molecule has 7 heteroatoms. The molecule has 0 radical (unpaired) electrons. The first kappa shape index (κ1) is 16.5. The third-order valence-electron chi connectivity index (χ3n) is 2.48. The summed E-state index contributed by atoms with van der Waals surface area (Å²) in [7, 11) is 0. The summed E-state index contributed by atoms with van der Waals surface area (Å²) in [5.41, 5.74) is 0.851. The van der Waals surface area contributed by atoms with Crippen molar-refractivity contribution in [1.29, 1.82) is 5.26 Å². The van der Waals surface area contributed by atoms with E-state index in [4.69, 9.17) is 10.00 Å². The molecule has 1 aromatic carbocycles. The molecule has 1 rings (SSSR count). The zero-order valence-electron chi connectivity index (χ0n) is 11.4. The van der Waals surface area contributed by atoms with Crippen molar-refractivity contribution in [3.63, 3.8) is 0 Å². The molecule has 0 saturated heterocycles. The number of hydrogen-bond donors (Lipinski definition) is 3. The Kier molecular flexibility index (Phi) is 7.32. The fraction of sp³-hybridized carbons (Fsp3) is 0.357. The third-order valence-corrected chi connectivity index (χ3v) is 2.48. The number of aliphatic hydroxyl groups excluding tert-OH is 1. The second-order valence-electron chi connectivity index (χ2n) is 4.24. The lowest BCUT2D eigenvalue weighted by atomic mass is 10.2. The molecule has 0 aromatic heterocycles. The smallest absolute Gasteiger partial charge is 0.407 e. The van der Waals surface area contributed by atoms with Crippen LogP contribution < -0.4 is 10.6 Å². The number of nitrogens with one attached hydrogen (secondary N) is 2. The third kappa shape index (κ3) is 7.54. The highest BCUT2D eigenvalue weighted by molar-refractivity contribution is 5.76. The van der Waals surface area contributed by atoms with Gasteiger partial charge in [0.25, 0.3) is 0 Å². The van der Waals surface area contributed by atoms with E-state index in [1.807, 2.05) is 30.3 Å². The van der Waals surface area contributed by atoms with Crippen molar-refractivity contribution in [3.8, 4) is 6.07 Å². The molecule has 2 amide bonds. The predicted octanol–water partition coefficient (Wildman–Crippen LogP) is 0.304. The van der Waals surface area contributed by atoms with Crippen molar-refractivity contribution < 1.29 is 19.4 Å². The Balaban J connectivity index is 2.17. The molecule has 1 unspecified atom stereocenters. The Morgan fingerprint density at radius 1 is 1.29 bits per heavy atom. The molecule has 3 N–H and O–H groups in total. The van der Waals surface area contributed by atoms with Gasteiger partial charge in [0.15, 0.2) is 0 Å². The number of hydrogen-bond acceptors (Lipinski definition) is 5. The summed E-state index contributed by atoms with van der Waals surface area (Å²) >= 11 is 0. The zero-order chi connectivity index (χ0) is 15.5. The zero-order valence-corrected chi connectivity index (χ0v) is 11.4. The normalized spacial score (nSPS) is 11.0. The minimum absolute atomic E-state index is 0.104. The Bertz CT molecular complexity index is 499. The highest BCUT2D eigenvalue weighted by Gasteiger charge is 2.12. The fourth-order valence-corrected chi connectivity index (χ4v) is 1.47. The summed E-state index contributed by atoms with van der Waals surface area (Å²) < 4.78 is 4.94. The summed E-state index contributed by atoms with van der Waals surface area (Å²) in [6.45, 7) is -0.0862. The van der Waals surface area contributed by atoms with Gasteiger partial charge in [-0.15, -0.1) is 0 Å². The Hall–Kier alpha value is -2.59. The summed E-state index contributed by atoms with van der Waals surface area (Å²) in [4.78, 5) is 22.6. The number of rotatable bonds is 7. The van der Waals surface area contributed by atoms with Gasteiger partial charge >= 0.3 is 6.09 Å². The Morgan fingerprint density at radius 2 is 2.00 bits per heavy atom. The van der Waals surface area contributed by atoms with Crippen molar-refractivity contribution in [2.45, 2.75) is 19.1 Å². The number of amides is 2. The van der Waals surface area contributed by atoms with E-state index < -0.39 is 18.1 Å². The number of aliphatic hydroxyl groups is 1. The standard InChI is InChI=1S/C14H17N3O4/c15-6-7-16-13(19)8-12(18)9-17-14(20)21-10-11-4-2-1-3-5-11/h1-5,12,18H,7-10H2,(H,16,19)(H,17,20). The SMILES string of the molecule is N#CCNC(=O)CC(O)CNC(=O)OCc1ccccc1.